The highest BCUT2D eigenvalue weighted by atomic mass is 16.7. The molecule has 2 heterocycles. The topological polar surface area (TPSA) is 104 Å². The smallest absolute Gasteiger partial charge is 0.258 e. The summed E-state index contributed by atoms with van der Waals surface area (Å²) in [5.41, 5.74) is 1.14. The summed E-state index contributed by atoms with van der Waals surface area (Å²) < 4.78 is 17.0. The van der Waals surface area contributed by atoms with Crippen LogP contribution in [0.15, 0.2) is 24.4 Å². The number of nitrogens with one attached hydrogen (secondary N) is 2. The molecule has 0 saturated heterocycles. The molecule has 1 aromatic heterocycles. The van der Waals surface area contributed by atoms with E-state index in [-0.39, 0.29) is 30.7 Å². The molecule has 1 aliphatic heterocycles. The molecule has 0 fully saturated rings. The third kappa shape index (κ3) is 3.82. The number of amides is 2. The van der Waals surface area contributed by atoms with Crippen LogP contribution in [0.2, 0.25) is 0 Å². The predicted molar refractivity (Wildman–Crippen MR) is 86.5 cm³/mol. The molecular formula is C16H18N4O5. The zero-order chi connectivity index (χ0) is 17.8. The molecule has 0 unspecified atom stereocenters. The van der Waals surface area contributed by atoms with Crippen molar-refractivity contribution in [1.29, 1.82) is 0 Å². The van der Waals surface area contributed by atoms with Gasteiger partial charge in [-0.25, -0.2) is 0 Å². The quantitative estimate of drug-likeness (QED) is 0.775. The Labute approximate surface area is 143 Å². The number of rotatable bonds is 6. The van der Waals surface area contributed by atoms with Gasteiger partial charge in [0, 0.05) is 19.8 Å². The van der Waals surface area contributed by atoms with Crippen LogP contribution in [0.1, 0.15) is 15.9 Å². The fourth-order valence-corrected chi connectivity index (χ4v) is 2.34. The van der Waals surface area contributed by atoms with Gasteiger partial charge in [0.2, 0.25) is 18.6 Å². The fourth-order valence-electron chi connectivity index (χ4n) is 2.34. The molecule has 1 aliphatic rings. The number of carbonyl (C=O) groups is 2. The van der Waals surface area contributed by atoms with Crippen molar-refractivity contribution in [2.75, 3.05) is 20.4 Å². The van der Waals surface area contributed by atoms with Gasteiger partial charge in [0.1, 0.15) is 5.56 Å². The van der Waals surface area contributed by atoms with E-state index in [1.165, 1.54) is 18.0 Å². The minimum Gasteiger partial charge on any atom is -0.479 e. The molecule has 0 radical (unpaired) electrons. The van der Waals surface area contributed by atoms with Gasteiger partial charge < -0.3 is 24.8 Å². The van der Waals surface area contributed by atoms with Crippen LogP contribution < -0.4 is 24.8 Å². The lowest BCUT2D eigenvalue weighted by Crippen LogP contribution is -2.36. The first-order chi connectivity index (χ1) is 12.1. The molecule has 9 nitrogen and oxygen atoms in total. The summed E-state index contributed by atoms with van der Waals surface area (Å²) in [5, 5.41) is 9.26. The Morgan fingerprint density at radius 1 is 1.28 bits per heavy atom. The molecule has 2 amide bonds. The van der Waals surface area contributed by atoms with E-state index in [9.17, 15) is 9.59 Å². The first-order valence-corrected chi connectivity index (χ1v) is 7.58. The summed E-state index contributed by atoms with van der Waals surface area (Å²) >= 11 is 0. The summed E-state index contributed by atoms with van der Waals surface area (Å²) in [6.45, 7) is 0.373. The maximum absolute atomic E-state index is 12.1. The first-order valence-electron chi connectivity index (χ1n) is 7.58. The summed E-state index contributed by atoms with van der Waals surface area (Å²) in [6, 6.07) is 5.44. The molecular weight excluding hydrogens is 328 g/mol. The molecule has 2 N–H and O–H groups in total. The highest BCUT2D eigenvalue weighted by molar-refractivity contribution is 5.98. The first kappa shape index (κ1) is 16.6. The van der Waals surface area contributed by atoms with Crippen LogP contribution in [0, 0.1) is 0 Å². The van der Waals surface area contributed by atoms with Crippen LogP contribution in [0.5, 0.6) is 17.4 Å². The van der Waals surface area contributed by atoms with Gasteiger partial charge >= 0.3 is 0 Å². The standard InChI is InChI=1S/C16H18N4O5/c1-20-8-11(16(19-20)23-2)15(22)18-7-14(21)17-6-10-3-4-12-13(5-10)25-9-24-12/h3-5,8H,6-7,9H2,1-2H3,(H,17,21)(H,18,22). The van der Waals surface area contributed by atoms with E-state index in [1.807, 2.05) is 12.1 Å². The molecule has 2 aromatic rings. The number of aromatic nitrogens is 2. The van der Waals surface area contributed by atoms with Gasteiger partial charge in [0.15, 0.2) is 11.5 Å². The number of benzene rings is 1. The zero-order valence-corrected chi connectivity index (χ0v) is 13.9. The molecule has 0 atom stereocenters. The van der Waals surface area contributed by atoms with Crippen LogP contribution in [0.3, 0.4) is 0 Å². The van der Waals surface area contributed by atoms with Crippen LogP contribution in [0.25, 0.3) is 0 Å². The second-order valence-corrected chi connectivity index (χ2v) is 5.37. The van der Waals surface area contributed by atoms with E-state index < -0.39 is 5.91 Å². The molecule has 1 aromatic carbocycles. The third-order valence-electron chi connectivity index (χ3n) is 3.57. The average molecular weight is 346 g/mol. The Kier molecular flexibility index (Phi) is 4.73. The molecule has 3 rings (SSSR count). The zero-order valence-electron chi connectivity index (χ0n) is 13.9. The van der Waals surface area contributed by atoms with E-state index in [1.54, 1.807) is 13.1 Å². The Bertz CT molecular complexity index is 802. The number of aryl methyl sites for hydroxylation is 1. The largest absolute Gasteiger partial charge is 0.479 e. The van der Waals surface area contributed by atoms with Crippen molar-refractivity contribution in [3.8, 4) is 17.4 Å². The lowest BCUT2D eigenvalue weighted by molar-refractivity contribution is -0.120. The number of ether oxygens (including phenoxy) is 3. The Balaban J connectivity index is 1.48. The SMILES string of the molecule is COc1nn(C)cc1C(=O)NCC(=O)NCc1ccc2c(c1)OCO2. The lowest BCUT2D eigenvalue weighted by Gasteiger charge is -2.07. The number of fused-ring (bicyclic) bond motifs is 1. The summed E-state index contributed by atoms with van der Waals surface area (Å²) in [5.74, 6) is 0.814. The van der Waals surface area contributed by atoms with Crippen molar-refractivity contribution in [3.63, 3.8) is 0 Å². The number of methoxy groups -OCH3 is 1. The minimum atomic E-state index is -0.428. The number of carbonyl (C=O) groups excluding carboxylic acids is 2. The number of hydrogen-bond donors (Lipinski definition) is 2. The van der Waals surface area contributed by atoms with Crippen LogP contribution in [0.4, 0.5) is 0 Å². The molecule has 0 saturated carbocycles. The summed E-state index contributed by atoms with van der Waals surface area (Å²) in [4.78, 5) is 24.0. The highest BCUT2D eigenvalue weighted by Gasteiger charge is 2.17. The van der Waals surface area contributed by atoms with E-state index in [0.717, 1.165) is 5.56 Å². The van der Waals surface area contributed by atoms with Gasteiger partial charge in [0.25, 0.3) is 5.91 Å². The number of hydrogen-bond acceptors (Lipinski definition) is 6. The van der Waals surface area contributed by atoms with Crippen LogP contribution in [-0.2, 0) is 18.4 Å². The molecule has 0 aliphatic carbocycles. The average Bonchev–Trinajstić information content (AvgIpc) is 3.23. The molecule has 0 bridgehead atoms. The van der Waals surface area contributed by atoms with Crippen molar-refractivity contribution >= 4 is 11.8 Å². The van der Waals surface area contributed by atoms with Crippen molar-refractivity contribution in [1.82, 2.24) is 20.4 Å². The van der Waals surface area contributed by atoms with Crippen LogP contribution in [-0.4, -0.2) is 42.0 Å². The van der Waals surface area contributed by atoms with Crippen molar-refractivity contribution in [2.24, 2.45) is 7.05 Å². The monoisotopic (exact) mass is 346 g/mol. The molecule has 25 heavy (non-hydrogen) atoms. The summed E-state index contributed by atoms with van der Waals surface area (Å²) in [7, 11) is 3.11. The predicted octanol–water partition coefficient (Wildman–Crippen LogP) is 0.204. The molecule has 9 heteroatoms. The van der Waals surface area contributed by atoms with E-state index in [2.05, 4.69) is 15.7 Å². The second kappa shape index (κ2) is 7.12. The summed E-state index contributed by atoms with van der Waals surface area (Å²) in [6.07, 6.45) is 1.53. The Hall–Kier alpha value is -3.23. The second-order valence-electron chi connectivity index (χ2n) is 5.37. The van der Waals surface area contributed by atoms with E-state index in [4.69, 9.17) is 14.2 Å². The van der Waals surface area contributed by atoms with E-state index >= 15 is 0 Å². The van der Waals surface area contributed by atoms with Crippen molar-refractivity contribution in [2.45, 2.75) is 6.54 Å². The Morgan fingerprint density at radius 2 is 2.08 bits per heavy atom. The Morgan fingerprint density at radius 3 is 2.88 bits per heavy atom. The van der Waals surface area contributed by atoms with Crippen LogP contribution >= 0.6 is 0 Å². The highest BCUT2D eigenvalue weighted by Crippen LogP contribution is 2.32. The molecule has 0 spiro atoms. The minimum absolute atomic E-state index is 0.151. The normalized spacial score (nSPS) is 11.9. The fraction of sp³-hybridized carbons (Fsp3) is 0.312. The third-order valence-corrected chi connectivity index (χ3v) is 3.57. The van der Waals surface area contributed by atoms with Crippen molar-refractivity contribution < 1.29 is 23.8 Å². The lowest BCUT2D eigenvalue weighted by atomic mass is 10.2. The van der Waals surface area contributed by atoms with E-state index in [0.29, 0.717) is 18.0 Å². The molecule has 132 valence electrons. The van der Waals surface area contributed by atoms with Gasteiger partial charge in [-0.2, -0.15) is 0 Å². The van der Waals surface area contributed by atoms with Gasteiger partial charge in [-0.15, -0.1) is 5.10 Å². The van der Waals surface area contributed by atoms with Gasteiger partial charge in [0.05, 0.1) is 13.7 Å². The van der Waals surface area contributed by atoms with Gasteiger partial charge in [-0.3, -0.25) is 14.3 Å². The maximum Gasteiger partial charge on any atom is 0.258 e. The van der Waals surface area contributed by atoms with Crippen molar-refractivity contribution in [3.05, 3.63) is 35.5 Å². The van der Waals surface area contributed by atoms with Gasteiger partial charge in [-0.05, 0) is 17.7 Å². The van der Waals surface area contributed by atoms with Gasteiger partial charge in [-0.1, -0.05) is 6.07 Å². The maximum atomic E-state index is 12.1. The number of nitrogens with zero attached hydrogens (tertiary/aromatic N) is 2.